The molecule has 4 rings (SSSR count). The minimum atomic E-state index is 0.0840. The van der Waals surface area contributed by atoms with E-state index < -0.39 is 0 Å². The highest BCUT2D eigenvalue weighted by Gasteiger charge is 2.30. The molecule has 1 aromatic rings. The van der Waals surface area contributed by atoms with Gasteiger partial charge in [0.05, 0.1) is 5.92 Å². The van der Waals surface area contributed by atoms with Crippen molar-refractivity contribution in [1.29, 1.82) is 0 Å². The van der Waals surface area contributed by atoms with Crippen LogP contribution in [0.25, 0.3) is 0 Å². The maximum absolute atomic E-state index is 13.1. The van der Waals surface area contributed by atoms with Crippen molar-refractivity contribution in [3.8, 4) is 0 Å². The number of carbonyl (C=O) groups excluding carboxylic acids is 1. The highest BCUT2D eigenvalue weighted by Crippen LogP contribution is 2.25. The quantitative estimate of drug-likeness (QED) is 0.790. The molecule has 3 saturated heterocycles. The number of amides is 1. The lowest BCUT2D eigenvalue weighted by Gasteiger charge is -2.35. The number of likely N-dealkylation sites (N-methyl/N-ethyl adjacent to an activating group) is 1. The largest absolute Gasteiger partial charge is 0.355 e. The Morgan fingerprint density at radius 3 is 2.29 bits per heavy atom. The molecule has 1 amide bonds. The van der Waals surface area contributed by atoms with Gasteiger partial charge in [0.1, 0.15) is 0 Å². The van der Waals surface area contributed by atoms with Crippen LogP contribution in [0.1, 0.15) is 38.5 Å². The zero-order valence-electron chi connectivity index (χ0n) is 17.2. The van der Waals surface area contributed by atoms with Crippen LogP contribution in [0.15, 0.2) is 12.1 Å². The van der Waals surface area contributed by atoms with Gasteiger partial charge in [0.2, 0.25) is 5.91 Å². The van der Waals surface area contributed by atoms with Crippen molar-refractivity contribution >= 4 is 17.5 Å². The summed E-state index contributed by atoms with van der Waals surface area (Å²) in [6.45, 7) is 7.71. The molecular formula is C21H34N6O. The normalized spacial score (nSPS) is 24.9. The Balaban J connectivity index is 1.37. The molecule has 4 heterocycles. The van der Waals surface area contributed by atoms with Gasteiger partial charge in [-0.1, -0.05) is 0 Å². The van der Waals surface area contributed by atoms with Gasteiger partial charge in [0, 0.05) is 45.8 Å². The van der Waals surface area contributed by atoms with Crippen LogP contribution >= 0.6 is 0 Å². The van der Waals surface area contributed by atoms with E-state index >= 15 is 0 Å². The van der Waals surface area contributed by atoms with E-state index in [9.17, 15) is 4.79 Å². The number of anilines is 2. The molecule has 1 aromatic heterocycles. The van der Waals surface area contributed by atoms with Gasteiger partial charge in [0.25, 0.3) is 0 Å². The van der Waals surface area contributed by atoms with Crippen molar-refractivity contribution in [3.05, 3.63) is 12.1 Å². The minimum absolute atomic E-state index is 0.0840. The van der Waals surface area contributed by atoms with E-state index in [4.69, 9.17) is 0 Å². The summed E-state index contributed by atoms with van der Waals surface area (Å²) in [5, 5.41) is 9.00. The zero-order valence-corrected chi connectivity index (χ0v) is 17.2. The molecule has 7 nitrogen and oxygen atoms in total. The van der Waals surface area contributed by atoms with Crippen molar-refractivity contribution in [2.45, 2.75) is 38.5 Å². The summed E-state index contributed by atoms with van der Waals surface area (Å²) in [6.07, 6.45) is 6.90. The number of hydrogen-bond donors (Lipinski definition) is 0. The van der Waals surface area contributed by atoms with Gasteiger partial charge in [0.15, 0.2) is 11.6 Å². The SMILES string of the molecule is CN1CCCN(C(=O)C2CCCN(c3ccc(N4CCCCC4)nn3)C2)CC1. The predicted octanol–water partition coefficient (Wildman–Crippen LogP) is 1.85. The highest BCUT2D eigenvalue weighted by molar-refractivity contribution is 5.79. The standard InChI is InChI=1S/C21H34N6O/c1-24-10-6-14-26(16-15-24)21(28)18-7-5-13-27(17-18)20-9-8-19(22-23-20)25-11-3-2-4-12-25/h8-9,18H,2-7,10-17H2,1H3. The molecule has 0 N–H and O–H groups in total. The molecule has 0 aromatic carbocycles. The number of aromatic nitrogens is 2. The Labute approximate surface area is 168 Å². The van der Waals surface area contributed by atoms with E-state index in [1.807, 2.05) is 0 Å². The van der Waals surface area contributed by atoms with Crippen LogP contribution < -0.4 is 9.80 Å². The van der Waals surface area contributed by atoms with Crippen LogP contribution in [0.2, 0.25) is 0 Å². The predicted molar refractivity (Wildman–Crippen MR) is 112 cm³/mol. The molecule has 1 atom stereocenters. The van der Waals surface area contributed by atoms with Crippen molar-refractivity contribution < 1.29 is 4.79 Å². The fourth-order valence-corrected chi connectivity index (χ4v) is 4.69. The lowest BCUT2D eigenvalue weighted by Crippen LogP contribution is -2.46. The topological polar surface area (TPSA) is 55.8 Å². The summed E-state index contributed by atoms with van der Waals surface area (Å²) in [6, 6.07) is 4.19. The molecular weight excluding hydrogens is 352 g/mol. The fourth-order valence-electron chi connectivity index (χ4n) is 4.69. The third kappa shape index (κ3) is 4.57. The van der Waals surface area contributed by atoms with Gasteiger partial charge in [-0.15, -0.1) is 10.2 Å². The molecule has 0 radical (unpaired) electrons. The van der Waals surface area contributed by atoms with E-state index in [-0.39, 0.29) is 5.92 Å². The van der Waals surface area contributed by atoms with Gasteiger partial charge in [-0.2, -0.15) is 0 Å². The zero-order chi connectivity index (χ0) is 19.3. The first kappa shape index (κ1) is 19.4. The van der Waals surface area contributed by atoms with Crippen LogP contribution in [0.4, 0.5) is 11.6 Å². The van der Waals surface area contributed by atoms with Crippen LogP contribution in [0.5, 0.6) is 0 Å². The van der Waals surface area contributed by atoms with Gasteiger partial charge in [-0.25, -0.2) is 0 Å². The summed E-state index contributed by atoms with van der Waals surface area (Å²) in [4.78, 5) is 22.1. The van der Waals surface area contributed by atoms with Gasteiger partial charge in [-0.05, 0) is 64.3 Å². The lowest BCUT2D eigenvalue weighted by molar-refractivity contribution is -0.135. The molecule has 28 heavy (non-hydrogen) atoms. The second-order valence-electron chi connectivity index (χ2n) is 8.56. The van der Waals surface area contributed by atoms with Crippen molar-refractivity contribution in [2.24, 2.45) is 5.92 Å². The Morgan fingerprint density at radius 2 is 1.54 bits per heavy atom. The van der Waals surface area contributed by atoms with Crippen LogP contribution in [-0.2, 0) is 4.79 Å². The summed E-state index contributed by atoms with van der Waals surface area (Å²) >= 11 is 0. The highest BCUT2D eigenvalue weighted by atomic mass is 16.2. The Bertz CT molecular complexity index is 645. The summed E-state index contributed by atoms with van der Waals surface area (Å²) in [5.74, 6) is 2.31. The van der Waals surface area contributed by atoms with Gasteiger partial charge in [-0.3, -0.25) is 4.79 Å². The molecule has 3 fully saturated rings. The second-order valence-corrected chi connectivity index (χ2v) is 8.56. The Hall–Kier alpha value is -1.89. The summed E-state index contributed by atoms with van der Waals surface area (Å²) in [5.41, 5.74) is 0. The molecule has 1 unspecified atom stereocenters. The van der Waals surface area contributed by atoms with Crippen LogP contribution in [-0.4, -0.2) is 85.3 Å². The molecule has 3 aliphatic heterocycles. The molecule has 3 aliphatic rings. The second kappa shape index (κ2) is 9.07. The molecule has 0 aliphatic carbocycles. The number of nitrogens with zero attached hydrogens (tertiary/aromatic N) is 6. The fraction of sp³-hybridized carbons (Fsp3) is 0.762. The lowest BCUT2D eigenvalue weighted by atomic mass is 9.96. The minimum Gasteiger partial charge on any atom is -0.355 e. The summed E-state index contributed by atoms with van der Waals surface area (Å²) in [7, 11) is 2.14. The van der Waals surface area contributed by atoms with Crippen molar-refractivity contribution in [2.75, 3.05) is 69.2 Å². The number of rotatable bonds is 3. The molecule has 154 valence electrons. The monoisotopic (exact) mass is 386 g/mol. The van der Waals surface area contributed by atoms with E-state index in [2.05, 4.69) is 49.0 Å². The Morgan fingerprint density at radius 1 is 0.821 bits per heavy atom. The maximum atomic E-state index is 13.1. The van der Waals surface area contributed by atoms with Gasteiger partial charge >= 0.3 is 0 Å². The van der Waals surface area contributed by atoms with E-state index in [1.165, 1.54) is 19.3 Å². The third-order valence-electron chi connectivity index (χ3n) is 6.44. The van der Waals surface area contributed by atoms with Gasteiger partial charge < -0.3 is 19.6 Å². The molecule has 0 saturated carbocycles. The van der Waals surface area contributed by atoms with Crippen LogP contribution in [0, 0.1) is 5.92 Å². The molecule has 0 spiro atoms. The average molecular weight is 387 g/mol. The van der Waals surface area contributed by atoms with Crippen molar-refractivity contribution in [1.82, 2.24) is 20.0 Å². The Kier molecular flexibility index (Phi) is 6.29. The molecule has 7 heteroatoms. The first-order valence-corrected chi connectivity index (χ1v) is 11.0. The average Bonchev–Trinajstić information content (AvgIpc) is 2.98. The van der Waals surface area contributed by atoms with Crippen LogP contribution in [0.3, 0.4) is 0 Å². The smallest absolute Gasteiger partial charge is 0.227 e. The molecule has 0 bridgehead atoms. The van der Waals surface area contributed by atoms with Crippen molar-refractivity contribution in [3.63, 3.8) is 0 Å². The first-order valence-electron chi connectivity index (χ1n) is 11.0. The maximum Gasteiger partial charge on any atom is 0.227 e. The number of carbonyl (C=O) groups is 1. The van der Waals surface area contributed by atoms with E-state index in [1.54, 1.807) is 0 Å². The first-order chi connectivity index (χ1) is 13.7. The third-order valence-corrected chi connectivity index (χ3v) is 6.44. The number of piperidine rings is 2. The summed E-state index contributed by atoms with van der Waals surface area (Å²) < 4.78 is 0. The van der Waals surface area contributed by atoms with E-state index in [0.29, 0.717) is 5.91 Å². The number of hydrogen-bond acceptors (Lipinski definition) is 6. The van der Waals surface area contributed by atoms with E-state index in [0.717, 1.165) is 83.3 Å².